The number of likely N-dealkylation sites (tertiary alicyclic amines) is 1. The zero-order valence-electron chi connectivity index (χ0n) is 17.3. The summed E-state index contributed by atoms with van der Waals surface area (Å²) in [5.74, 6) is 0.664. The molecule has 0 saturated carbocycles. The first-order chi connectivity index (χ1) is 13.6. The third-order valence-corrected chi connectivity index (χ3v) is 5.70. The number of carbonyl (C=O) groups excluding carboxylic acids is 1. The van der Waals surface area contributed by atoms with Gasteiger partial charge in [-0.2, -0.15) is 0 Å². The molecule has 1 fully saturated rings. The minimum Gasteiger partial charge on any atom is -0.484 e. The van der Waals surface area contributed by atoms with E-state index in [1.165, 1.54) is 35.1 Å². The van der Waals surface area contributed by atoms with Gasteiger partial charge in [-0.05, 0) is 80.6 Å². The van der Waals surface area contributed by atoms with Gasteiger partial charge in [-0.1, -0.05) is 37.3 Å². The van der Waals surface area contributed by atoms with E-state index in [-0.39, 0.29) is 18.6 Å². The van der Waals surface area contributed by atoms with E-state index in [0.717, 1.165) is 25.3 Å². The fraction of sp³-hybridized carbons (Fsp3) is 0.458. The molecule has 4 nitrogen and oxygen atoms in total. The van der Waals surface area contributed by atoms with Crippen molar-refractivity contribution in [2.75, 3.05) is 26.2 Å². The summed E-state index contributed by atoms with van der Waals surface area (Å²) in [6, 6.07) is 14.9. The number of hydrogen-bond acceptors (Lipinski definition) is 3. The molecule has 0 aromatic heterocycles. The summed E-state index contributed by atoms with van der Waals surface area (Å²) in [4.78, 5) is 14.8. The van der Waals surface area contributed by atoms with Crippen LogP contribution in [0.5, 0.6) is 5.75 Å². The molecule has 0 bridgehead atoms. The Bertz CT molecular complexity index is 780. The molecular formula is C24H32N2O2. The zero-order chi connectivity index (χ0) is 19.9. The first kappa shape index (κ1) is 20.4. The lowest BCUT2D eigenvalue weighted by Gasteiger charge is -2.28. The van der Waals surface area contributed by atoms with E-state index in [1.54, 1.807) is 0 Å². The molecule has 1 atom stereocenters. The Labute approximate surface area is 168 Å². The molecule has 150 valence electrons. The van der Waals surface area contributed by atoms with Crippen molar-refractivity contribution in [2.24, 2.45) is 0 Å². The van der Waals surface area contributed by atoms with Crippen LogP contribution >= 0.6 is 0 Å². The summed E-state index contributed by atoms with van der Waals surface area (Å²) < 4.78 is 5.67. The van der Waals surface area contributed by atoms with Crippen LogP contribution in [0.4, 0.5) is 0 Å². The standard InChI is InChI=1S/C24H32N2O2/c1-4-20-8-10-21(11-9-20)23(26-13-5-6-14-26)16-25-24(27)17-28-22-12-7-18(2)19(3)15-22/h7-12,15,23H,4-6,13-14,16-17H2,1-3H3,(H,25,27)/t23-/m1/s1. The second kappa shape index (κ2) is 9.74. The molecule has 0 spiro atoms. The molecule has 28 heavy (non-hydrogen) atoms. The molecule has 1 saturated heterocycles. The summed E-state index contributed by atoms with van der Waals surface area (Å²) in [5, 5.41) is 3.08. The van der Waals surface area contributed by atoms with E-state index in [9.17, 15) is 4.79 Å². The summed E-state index contributed by atoms with van der Waals surface area (Å²) in [6.45, 7) is 9.13. The largest absolute Gasteiger partial charge is 0.484 e. The Morgan fingerprint density at radius 3 is 2.43 bits per heavy atom. The smallest absolute Gasteiger partial charge is 0.258 e. The van der Waals surface area contributed by atoms with Crippen LogP contribution in [0.2, 0.25) is 0 Å². The van der Waals surface area contributed by atoms with Crippen LogP contribution in [-0.4, -0.2) is 37.0 Å². The van der Waals surface area contributed by atoms with Gasteiger partial charge < -0.3 is 10.1 Å². The summed E-state index contributed by atoms with van der Waals surface area (Å²) in [7, 11) is 0. The maximum atomic E-state index is 12.4. The van der Waals surface area contributed by atoms with Gasteiger partial charge in [-0.3, -0.25) is 9.69 Å². The molecule has 0 aliphatic carbocycles. The van der Waals surface area contributed by atoms with Gasteiger partial charge in [0.05, 0.1) is 6.04 Å². The second-order valence-electron chi connectivity index (χ2n) is 7.69. The Morgan fingerprint density at radius 1 is 1.07 bits per heavy atom. The highest BCUT2D eigenvalue weighted by atomic mass is 16.5. The maximum absolute atomic E-state index is 12.4. The molecule has 0 unspecified atom stereocenters. The third-order valence-electron chi connectivity index (χ3n) is 5.70. The molecule has 1 aliphatic rings. The van der Waals surface area contributed by atoms with Crippen molar-refractivity contribution in [2.45, 2.75) is 46.1 Å². The molecule has 3 rings (SSSR count). The fourth-order valence-corrected chi connectivity index (χ4v) is 3.70. The molecule has 1 aliphatic heterocycles. The normalized spacial score (nSPS) is 15.4. The van der Waals surface area contributed by atoms with E-state index in [0.29, 0.717) is 6.54 Å². The summed E-state index contributed by atoms with van der Waals surface area (Å²) in [5.41, 5.74) is 5.01. The zero-order valence-corrected chi connectivity index (χ0v) is 17.3. The highest BCUT2D eigenvalue weighted by Gasteiger charge is 2.24. The van der Waals surface area contributed by atoms with Crippen LogP contribution in [0.1, 0.15) is 48.1 Å². The number of rotatable bonds is 8. The van der Waals surface area contributed by atoms with Gasteiger partial charge in [-0.25, -0.2) is 0 Å². The van der Waals surface area contributed by atoms with Crippen molar-refractivity contribution in [3.8, 4) is 5.75 Å². The minimum absolute atomic E-state index is 0.0456. The molecule has 2 aromatic carbocycles. The number of amides is 1. The van der Waals surface area contributed by atoms with Crippen LogP contribution in [0.25, 0.3) is 0 Å². The summed E-state index contributed by atoms with van der Waals surface area (Å²) >= 11 is 0. The van der Waals surface area contributed by atoms with E-state index < -0.39 is 0 Å². The number of ether oxygens (including phenoxy) is 1. The molecule has 0 radical (unpaired) electrons. The number of nitrogens with one attached hydrogen (secondary N) is 1. The molecule has 1 N–H and O–H groups in total. The number of carbonyl (C=O) groups is 1. The Balaban J connectivity index is 1.57. The van der Waals surface area contributed by atoms with Crippen molar-refractivity contribution < 1.29 is 9.53 Å². The second-order valence-corrected chi connectivity index (χ2v) is 7.69. The Morgan fingerprint density at radius 2 is 1.79 bits per heavy atom. The quantitative estimate of drug-likeness (QED) is 0.746. The van der Waals surface area contributed by atoms with Crippen LogP contribution in [0.3, 0.4) is 0 Å². The van der Waals surface area contributed by atoms with E-state index in [1.807, 2.05) is 25.1 Å². The van der Waals surface area contributed by atoms with Crippen LogP contribution < -0.4 is 10.1 Å². The molecule has 1 amide bonds. The van der Waals surface area contributed by atoms with Gasteiger partial charge in [0.2, 0.25) is 0 Å². The van der Waals surface area contributed by atoms with Crippen molar-refractivity contribution >= 4 is 5.91 Å². The topological polar surface area (TPSA) is 41.6 Å². The van der Waals surface area contributed by atoms with Gasteiger partial charge in [0, 0.05) is 6.54 Å². The van der Waals surface area contributed by atoms with E-state index in [2.05, 4.69) is 48.3 Å². The van der Waals surface area contributed by atoms with Crippen molar-refractivity contribution in [1.29, 1.82) is 0 Å². The van der Waals surface area contributed by atoms with Crippen molar-refractivity contribution in [3.05, 3.63) is 64.7 Å². The predicted molar refractivity (Wildman–Crippen MR) is 114 cm³/mol. The average Bonchev–Trinajstić information content (AvgIpc) is 3.24. The summed E-state index contributed by atoms with van der Waals surface area (Å²) in [6.07, 6.45) is 3.50. The first-order valence-corrected chi connectivity index (χ1v) is 10.4. The van der Waals surface area contributed by atoms with Gasteiger partial charge in [0.15, 0.2) is 6.61 Å². The lowest BCUT2D eigenvalue weighted by atomic mass is 10.0. The maximum Gasteiger partial charge on any atom is 0.258 e. The predicted octanol–water partition coefficient (Wildman–Crippen LogP) is 4.20. The lowest BCUT2D eigenvalue weighted by Crippen LogP contribution is -2.38. The van der Waals surface area contributed by atoms with Crippen molar-refractivity contribution in [1.82, 2.24) is 10.2 Å². The highest BCUT2D eigenvalue weighted by Crippen LogP contribution is 2.25. The third kappa shape index (κ3) is 5.35. The molecular weight excluding hydrogens is 348 g/mol. The minimum atomic E-state index is -0.0763. The van der Waals surface area contributed by atoms with E-state index in [4.69, 9.17) is 4.74 Å². The Hall–Kier alpha value is -2.33. The number of benzene rings is 2. The van der Waals surface area contributed by atoms with Crippen LogP contribution in [0, 0.1) is 13.8 Å². The van der Waals surface area contributed by atoms with Gasteiger partial charge in [0.25, 0.3) is 5.91 Å². The average molecular weight is 381 g/mol. The monoisotopic (exact) mass is 380 g/mol. The molecule has 1 heterocycles. The SMILES string of the molecule is CCc1ccc([C@@H](CNC(=O)COc2ccc(C)c(C)c2)N2CCCC2)cc1. The number of nitrogens with zero attached hydrogens (tertiary/aromatic N) is 1. The van der Waals surface area contributed by atoms with Gasteiger partial charge in [0.1, 0.15) is 5.75 Å². The van der Waals surface area contributed by atoms with Gasteiger partial charge in [-0.15, -0.1) is 0 Å². The molecule has 4 heteroatoms. The number of hydrogen-bond donors (Lipinski definition) is 1. The lowest BCUT2D eigenvalue weighted by molar-refractivity contribution is -0.123. The first-order valence-electron chi connectivity index (χ1n) is 10.4. The van der Waals surface area contributed by atoms with Gasteiger partial charge >= 0.3 is 0 Å². The Kier molecular flexibility index (Phi) is 7.10. The fourth-order valence-electron chi connectivity index (χ4n) is 3.70. The van der Waals surface area contributed by atoms with E-state index >= 15 is 0 Å². The van der Waals surface area contributed by atoms with Crippen molar-refractivity contribution in [3.63, 3.8) is 0 Å². The highest BCUT2D eigenvalue weighted by molar-refractivity contribution is 5.77. The molecule has 2 aromatic rings. The van der Waals surface area contributed by atoms with Crippen LogP contribution in [-0.2, 0) is 11.2 Å². The van der Waals surface area contributed by atoms with Crippen LogP contribution in [0.15, 0.2) is 42.5 Å². The number of aryl methyl sites for hydroxylation is 3.